The van der Waals surface area contributed by atoms with E-state index in [1.165, 1.54) is 6.26 Å². The Balaban J connectivity index is 1.66. The first kappa shape index (κ1) is 21.8. The van der Waals surface area contributed by atoms with Crippen LogP contribution in [0.5, 0.6) is 0 Å². The van der Waals surface area contributed by atoms with E-state index in [2.05, 4.69) is 27.6 Å². The van der Waals surface area contributed by atoms with Gasteiger partial charge in [0.2, 0.25) is 0 Å². The van der Waals surface area contributed by atoms with Crippen molar-refractivity contribution in [2.45, 2.75) is 6.42 Å². The lowest BCUT2D eigenvalue weighted by Crippen LogP contribution is -2.10. The lowest BCUT2D eigenvalue weighted by Gasteiger charge is -2.13. The van der Waals surface area contributed by atoms with Crippen molar-refractivity contribution in [2.24, 2.45) is 14.1 Å². The lowest BCUT2D eigenvalue weighted by atomic mass is 10.0. The number of nitrogens with one attached hydrogen (secondary N) is 2. The Kier molecular flexibility index (Phi) is 6.09. The summed E-state index contributed by atoms with van der Waals surface area (Å²) in [5, 5.41) is 11.9. The predicted molar refractivity (Wildman–Crippen MR) is 129 cm³/mol. The predicted octanol–water partition coefficient (Wildman–Crippen LogP) is 4.03. The number of benzene rings is 1. The van der Waals surface area contributed by atoms with Crippen LogP contribution >= 0.6 is 0 Å². The van der Waals surface area contributed by atoms with Crippen molar-refractivity contribution in [1.29, 1.82) is 4.78 Å². The molecule has 0 aliphatic carbocycles. The van der Waals surface area contributed by atoms with E-state index in [1.54, 1.807) is 9.36 Å². The Bertz CT molecular complexity index is 1340. The number of aryl methyl sites for hydroxylation is 2. The molecule has 0 spiro atoms. The van der Waals surface area contributed by atoms with E-state index in [0.29, 0.717) is 18.7 Å². The van der Waals surface area contributed by atoms with Crippen molar-refractivity contribution >= 4 is 15.5 Å². The summed E-state index contributed by atoms with van der Waals surface area (Å²) in [6.07, 6.45) is 9.71. The summed E-state index contributed by atoms with van der Waals surface area (Å²) in [5.41, 5.74) is 5.92. The average molecular weight is 450 g/mol. The molecule has 0 amide bonds. The molecule has 3 heterocycles. The maximum Gasteiger partial charge on any atom is 0.134 e. The van der Waals surface area contributed by atoms with E-state index in [4.69, 9.17) is 9.76 Å². The van der Waals surface area contributed by atoms with Crippen LogP contribution in [-0.2, 0) is 23.8 Å². The number of rotatable bonds is 8. The van der Waals surface area contributed by atoms with E-state index in [1.807, 2.05) is 63.1 Å². The minimum Gasteiger partial charge on any atom is -0.370 e. The summed E-state index contributed by atoms with van der Waals surface area (Å²) >= 11 is 0. The lowest BCUT2D eigenvalue weighted by molar-refractivity contribution is 0.677. The van der Waals surface area contributed by atoms with Gasteiger partial charge in [0.1, 0.15) is 5.82 Å². The topological polar surface area (TPSA) is 101 Å². The molecule has 0 saturated carbocycles. The van der Waals surface area contributed by atoms with Gasteiger partial charge in [-0.25, -0.2) is 4.98 Å². The molecule has 0 saturated heterocycles. The zero-order valence-corrected chi connectivity index (χ0v) is 19.3. The van der Waals surface area contributed by atoms with Crippen LogP contribution in [0, 0.1) is 4.78 Å². The number of anilines is 1. The van der Waals surface area contributed by atoms with Gasteiger partial charge in [0.05, 0.1) is 18.1 Å². The van der Waals surface area contributed by atoms with E-state index < -0.39 is 9.73 Å². The highest BCUT2D eigenvalue weighted by molar-refractivity contribution is 7.91. The second kappa shape index (κ2) is 8.96. The van der Waals surface area contributed by atoms with Crippen LogP contribution in [0.4, 0.5) is 5.82 Å². The summed E-state index contributed by atoms with van der Waals surface area (Å²) in [6.45, 7) is 0.586. The second-order valence-electron chi connectivity index (χ2n) is 7.97. The van der Waals surface area contributed by atoms with Gasteiger partial charge in [-0.1, -0.05) is 18.2 Å². The smallest absolute Gasteiger partial charge is 0.134 e. The maximum atomic E-state index is 11.7. The van der Waals surface area contributed by atoms with Crippen LogP contribution in [0.2, 0.25) is 0 Å². The summed E-state index contributed by atoms with van der Waals surface area (Å²) < 4.78 is 22.8. The molecule has 3 aromatic heterocycles. The molecule has 0 aliphatic heterocycles. The molecular weight excluding hydrogens is 422 g/mol. The van der Waals surface area contributed by atoms with Crippen molar-refractivity contribution in [1.82, 2.24) is 24.5 Å². The molecule has 4 rings (SSSR count). The molecule has 1 atom stereocenters. The molecule has 8 nitrogen and oxygen atoms in total. The monoisotopic (exact) mass is 449 g/mol. The minimum atomic E-state index is -2.50. The summed E-state index contributed by atoms with van der Waals surface area (Å²) in [6, 6.07) is 12.3. The summed E-state index contributed by atoms with van der Waals surface area (Å²) in [4.78, 5) is 4.92. The van der Waals surface area contributed by atoms with Gasteiger partial charge in [0.25, 0.3) is 0 Å². The van der Waals surface area contributed by atoms with E-state index in [9.17, 15) is 4.21 Å². The number of aromatic nitrogens is 5. The van der Waals surface area contributed by atoms with Crippen molar-refractivity contribution in [3.8, 4) is 33.5 Å². The molecule has 0 radical (unpaired) electrons. The fourth-order valence-corrected chi connectivity index (χ4v) is 4.23. The van der Waals surface area contributed by atoms with Crippen molar-refractivity contribution in [3.05, 3.63) is 61.2 Å². The molecule has 1 aromatic carbocycles. The fourth-order valence-electron chi connectivity index (χ4n) is 3.53. The Morgan fingerprint density at radius 1 is 0.969 bits per heavy atom. The van der Waals surface area contributed by atoms with Gasteiger partial charge in [-0.2, -0.15) is 10.2 Å². The molecule has 0 bridgehead atoms. The van der Waals surface area contributed by atoms with Crippen LogP contribution in [0.25, 0.3) is 33.5 Å². The van der Waals surface area contributed by atoms with E-state index in [0.717, 1.165) is 39.3 Å². The van der Waals surface area contributed by atoms with Gasteiger partial charge < -0.3 is 5.32 Å². The van der Waals surface area contributed by atoms with Gasteiger partial charge in [0.15, 0.2) is 0 Å². The number of hydrogen-bond donors (Lipinski definition) is 2. The standard InChI is InChI=1S/C23H27N7OS/c1-29-15-19(13-26-29)17-6-4-7-18(12-17)22-9-8-21(20-14-27-30(2)16-20)23(28-22)25-10-5-11-32(3,24)31/h4,6-9,12-16,24H,5,10-11H2,1-3H3,(H,25,28). The fraction of sp³-hybridized carbons (Fsp3) is 0.261. The molecule has 0 aliphatic rings. The van der Waals surface area contributed by atoms with Crippen molar-refractivity contribution < 1.29 is 4.21 Å². The molecule has 0 fully saturated rings. The number of hydrogen-bond acceptors (Lipinski definition) is 6. The highest BCUT2D eigenvalue weighted by Crippen LogP contribution is 2.31. The molecule has 9 heteroatoms. The Morgan fingerprint density at radius 2 is 1.66 bits per heavy atom. The Morgan fingerprint density at radius 3 is 2.31 bits per heavy atom. The van der Waals surface area contributed by atoms with Crippen LogP contribution in [0.1, 0.15) is 6.42 Å². The molecule has 32 heavy (non-hydrogen) atoms. The van der Waals surface area contributed by atoms with E-state index in [-0.39, 0.29) is 0 Å². The maximum absolute atomic E-state index is 11.7. The van der Waals surface area contributed by atoms with Gasteiger partial charge >= 0.3 is 0 Å². The summed E-state index contributed by atoms with van der Waals surface area (Å²) in [5.74, 6) is 1.10. The minimum absolute atomic E-state index is 0.356. The zero-order chi connectivity index (χ0) is 22.7. The van der Waals surface area contributed by atoms with Gasteiger partial charge in [-0.3, -0.25) is 18.4 Å². The molecule has 4 aromatic rings. The van der Waals surface area contributed by atoms with Gasteiger partial charge in [-0.05, 0) is 30.2 Å². The van der Waals surface area contributed by atoms with Crippen LogP contribution < -0.4 is 5.32 Å². The van der Waals surface area contributed by atoms with Crippen molar-refractivity contribution in [2.75, 3.05) is 23.9 Å². The molecule has 166 valence electrons. The van der Waals surface area contributed by atoms with Crippen LogP contribution in [0.3, 0.4) is 0 Å². The highest BCUT2D eigenvalue weighted by Gasteiger charge is 2.12. The third kappa shape index (κ3) is 5.23. The van der Waals surface area contributed by atoms with Gasteiger partial charge in [-0.15, -0.1) is 0 Å². The first-order valence-electron chi connectivity index (χ1n) is 10.3. The highest BCUT2D eigenvalue weighted by atomic mass is 32.2. The molecule has 1 unspecified atom stereocenters. The molecular formula is C23H27N7OS. The van der Waals surface area contributed by atoms with Crippen LogP contribution in [0.15, 0.2) is 61.2 Å². The third-order valence-electron chi connectivity index (χ3n) is 5.11. The normalized spacial score (nSPS) is 13.1. The Labute approximate surface area is 188 Å². The zero-order valence-electron chi connectivity index (χ0n) is 18.4. The first-order chi connectivity index (χ1) is 15.3. The quantitative estimate of drug-likeness (QED) is 0.396. The first-order valence-corrected chi connectivity index (χ1v) is 12.5. The molecule has 2 N–H and O–H groups in total. The van der Waals surface area contributed by atoms with Gasteiger partial charge in [0, 0.05) is 77.0 Å². The van der Waals surface area contributed by atoms with Crippen LogP contribution in [-0.4, -0.2) is 47.3 Å². The summed E-state index contributed by atoms with van der Waals surface area (Å²) in [7, 11) is 1.29. The second-order valence-corrected chi connectivity index (χ2v) is 10.4. The third-order valence-corrected chi connectivity index (χ3v) is 6.18. The van der Waals surface area contributed by atoms with E-state index >= 15 is 0 Å². The Hall–Kier alpha value is -3.46. The van der Waals surface area contributed by atoms with Crippen molar-refractivity contribution in [3.63, 3.8) is 0 Å². The largest absolute Gasteiger partial charge is 0.370 e. The number of nitrogens with zero attached hydrogens (tertiary/aromatic N) is 5. The SMILES string of the molecule is Cn1cc(-c2cccc(-c3ccc(-c4cnn(C)c4)c(NCCCS(C)(=N)=O)n3)c2)cn1. The average Bonchev–Trinajstić information content (AvgIpc) is 3.39. The number of pyridine rings is 1.